The Morgan fingerprint density at radius 1 is 1.25 bits per heavy atom. The summed E-state index contributed by atoms with van der Waals surface area (Å²) in [6.07, 6.45) is 3.98. The van der Waals surface area contributed by atoms with Crippen molar-refractivity contribution < 1.29 is 4.79 Å². The van der Waals surface area contributed by atoms with Crippen LogP contribution in [0.3, 0.4) is 0 Å². The fourth-order valence-corrected chi connectivity index (χ4v) is 3.09. The third-order valence-corrected chi connectivity index (χ3v) is 4.76. The molecule has 3 rings (SSSR count). The van der Waals surface area contributed by atoms with Crippen molar-refractivity contribution in [1.29, 1.82) is 0 Å². The minimum absolute atomic E-state index is 0. The Morgan fingerprint density at radius 3 is 2.33 bits per heavy atom. The van der Waals surface area contributed by atoms with Gasteiger partial charge in [-0.05, 0) is 19.0 Å². The molecular weight excluding hydrogens is 373 g/mol. The first-order chi connectivity index (χ1) is 10.1. The van der Waals surface area contributed by atoms with Gasteiger partial charge >= 0.3 is 0 Å². The highest BCUT2D eigenvalue weighted by Crippen LogP contribution is 2.19. The number of hydrogen-bond donors (Lipinski definition) is 1. The van der Waals surface area contributed by atoms with Gasteiger partial charge in [0.1, 0.15) is 0 Å². The quantitative estimate of drug-likeness (QED) is 0.825. The fraction of sp³-hybridized carbons (Fsp3) is 0.733. The molecule has 0 aromatic carbocycles. The molecule has 1 atom stereocenters. The van der Waals surface area contributed by atoms with Crippen LogP contribution in [0.2, 0.25) is 0 Å². The van der Waals surface area contributed by atoms with Gasteiger partial charge in [-0.15, -0.1) is 37.2 Å². The average molecular weight is 401 g/mol. The number of carbonyl (C=O) groups is 1. The van der Waals surface area contributed by atoms with Gasteiger partial charge in [-0.2, -0.15) is 5.10 Å². The molecule has 1 amide bonds. The normalized spacial score (nSPS) is 19.3. The van der Waals surface area contributed by atoms with Crippen molar-refractivity contribution in [3.8, 4) is 0 Å². The molecule has 0 aliphatic carbocycles. The van der Waals surface area contributed by atoms with Crippen molar-refractivity contribution in [3.05, 3.63) is 18.0 Å². The van der Waals surface area contributed by atoms with Crippen LogP contribution in [0, 0.1) is 11.8 Å². The molecule has 2 saturated heterocycles. The van der Waals surface area contributed by atoms with E-state index in [0.29, 0.717) is 11.8 Å². The first kappa shape index (κ1) is 23.5. The van der Waals surface area contributed by atoms with E-state index in [1.165, 1.54) is 5.56 Å². The summed E-state index contributed by atoms with van der Waals surface area (Å²) in [7, 11) is 1.94. The van der Waals surface area contributed by atoms with Crippen LogP contribution in [0.25, 0.3) is 0 Å². The third kappa shape index (κ3) is 5.49. The first-order valence-electron chi connectivity index (χ1n) is 7.83. The highest BCUT2D eigenvalue weighted by atomic mass is 35.5. The summed E-state index contributed by atoms with van der Waals surface area (Å²) in [5.41, 5.74) is 1.24. The summed E-state index contributed by atoms with van der Waals surface area (Å²) in [5, 5.41) is 7.45. The summed E-state index contributed by atoms with van der Waals surface area (Å²) in [6.45, 7) is 8.61. The Morgan fingerprint density at radius 2 is 1.88 bits per heavy atom. The minimum atomic E-state index is 0. The molecule has 1 N–H and O–H groups in total. The molecule has 140 valence electrons. The number of nitrogens with one attached hydrogen (secondary N) is 1. The van der Waals surface area contributed by atoms with Gasteiger partial charge in [-0.25, -0.2) is 0 Å². The Bertz CT molecular complexity index is 501. The minimum Gasteiger partial charge on any atom is -0.340 e. The molecule has 2 aliphatic heterocycles. The number of aryl methyl sites for hydroxylation is 1. The highest BCUT2D eigenvalue weighted by molar-refractivity contribution is 5.86. The Hall–Kier alpha value is -0.530. The first-order valence-corrected chi connectivity index (χ1v) is 7.83. The van der Waals surface area contributed by atoms with E-state index < -0.39 is 0 Å². The lowest BCUT2D eigenvalue weighted by Crippen LogP contribution is -2.54. The lowest BCUT2D eigenvalue weighted by atomic mass is 9.88. The van der Waals surface area contributed by atoms with Gasteiger partial charge < -0.3 is 10.2 Å². The standard InChI is InChI=1S/C15H25N5O.3ClH/c1-12(14-8-16-9-14)15(21)20-5-3-19(4-6-20)11-13-7-17-18(2)10-13;;;/h7,10,12,14,16H,3-6,8-9,11H2,1-2H3;3*1H. The molecule has 9 heteroatoms. The Kier molecular flexibility index (Phi) is 10.2. The maximum Gasteiger partial charge on any atom is 0.225 e. The van der Waals surface area contributed by atoms with Gasteiger partial charge in [-0.1, -0.05) is 6.92 Å². The molecule has 6 nitrogen and oxygen atoms in total. The predicted molar refractivity (Wildman–Crippen MR) is 102 cm³/mol. The maximum atomic E-state index is 12.5. The summed E-state index contributed by atoms with van der Waals surface area (Å²) in [4.78, 5) is 16.9. The number of amides is 1. The molecule has 1 aromatic rings. The smallest absolute Gasteiger partial charge is 0.225 e. The number of piperazine rings is 1. The van der Waals surface area contributed by atoms with E-state index in [-0.39, 0.29) is 43.1 Å². The van der Waals surface area contributed by atoms with E-state index in [1.807, 2.05) is 22.8 Å². The molecule has 3 heterocycles. The lowest BCUT2D eigenvalue weighted by molar-refractivity contribution is -0.139. The van der Waals surface area contributed by atoms with Gasteiger partial charge in [0.2, 0.25) is 5.91 Å². The Balaban J connectivity index is 0.00000176. The largest absolute Gasteiger partial charge is 0.340 e. The van der Waals surface area contributed by atoms with Crippen LogP contribution in [-0.4, -0.2) is 64.8 Å². The molecule has 0 radical (unpaired) electrons. The highest BCUT2D eigenvalue weighted by Gasteiger charge is 2.32. The van der Waals surface area contributed by atoms with Gasteiger partial charge in [0.25, 0.3) is 0 Å². The molecule has 1 unspecified atom stereocenters. The molecule has 24 heavy (non-hydrogen) atoms. The SMILES string of the molecule is CC(C(=O)N1CCN(Cc2cnn(C)c2)CC1)C1CNC1.Cl.Cl.Cl. The van der Waals surface area contributed by atoms with Crippen LogP contribution in [0.15, 0.2) is 12.4 Å². The zero-order valence-corrected chi connectivity index (χ0v) is 16.6. The predicted octanol–water partition coefficient (Wildman–Crippen LogP) is 1.19. The molecule has 1 aromatic heterocycles. The molecular formula is C15H28Cl3N5O. The van der Waals surface area contributed by atoms with Crippen LogP contribution in [-0.2, 0) is 18.4 Å². The second-order valence-corrected chi connectivity index (χ2v) is 6.33. The number of nitrogens with zero attached hydrogens (tertiary/aromatic N) is 4. The topological polar surface area (TPSA) is 53.4 Å². The van der Waals surface area contributed by atoms with E-state index in [4.69, 9.17) is 0 Å². The van der Waals surface area contributed by atoms with Gasteiger partial charge in [0.15, 0.2) is 0 Å². The second kappa shape index (κ2) is 10.5. The van der Waals surface area contributed by atoms with E-state index in [1.54, 1.807) is 0 Å². The van der Waals surface area contributed by atoms with E-state index in [9.17, 15) is 4.79 Å². The number of halogens is 3. The molecule has 2 aliphatic rings. The van der Waals surface area contributed by atoms with Crippen LogP contribution in [0.5, 0.6) is 0 Å². The van der Waals surface area contributed by atoms with E-state index in [0.717, 1.165) is 45.8 Å². The Labute approximate surface area is 162 Å². The number of aromatic nitrogens is 2. The monoisotopic (exact) mass is 399 g/mol. The third-order valence-electron chi connectivity index (χ3n) is 4.76. The van der Waals surface area contributed by atoms with Crippen molar-refractivity contribution >= 4 is 43.1 Å². The average Bonchev–Trinajstić information content (AvgIpc) is 2.82. The zero-order valence-electron chi connectivity index (χ0n) is 14.2. The number of carbonyl (C=O) groups excluding carboxylic acids is 1. The zero-order chi connectivity index (χ0) is 14.8. The van der Waals surface area contributed by atoms with Gasteiger partial charge in [-0.3, -0.25) is 14.4 Å². The van der Waals surface area contributed by atoms with Crippen LogP contribution in [0.4, 0.5) is 0 Å². The van der Waals surface area contributed by atoms with Gasteiger partial charge in [0.05, 0.1) is 6.20 Å². The molecule has 2 fully saturated rings. The molecule has 0 saturated carbocycles. The second-order valence-electron chi connectivity index (χ2n) is 6.33. The van der Waals surface area contributed by atoms with E-state index in [2.05, 4.69) is 28.4 Å². The van der Waals surface area contributed by atoms with Crippen molar-refractivity contribution in [2.24, 2.45) is 18.9 Å². The number of rotatable bonds is 4. The van der Waals surface area contributed by atoms with Crippen molar-refractivity contribution in [1.82, 2.24) is 24.9 Å². The van der Waals surface area contributed by atoms with Gasteiger partial charge in [0, 0.05) is 57.4 Å². The fourth-order valence-electron chi connectivity index (χ4n) is 3.09. The van der Waals surface area contributed by atoms with E-state index >= 15 is 0 Å². The van der Waals surface area contributed by atoms with Crippen LogP contribution < -0.4 is 5.32 Å². The molecule has 0 spiro atoms. The van der Waals surface area contributed by atoms with Crippen molar-refractivity contribution in [3.63, 3.8) is 0 Å². The molecule has 0 bridgehead atoms. The van der Waals surface area contributed by atoms with Crippen LogP contribution >= 0.6 is 37.2 Å². The summed E-state index contributed by atoms with van der Waals surface area (Å²) in [5.74, 6) is 1.03. The van der Waals surface area contributed by atoms with Crippen molar-refractivity contribution in [2.75, 3.05) is 39.3 Å². The summed E-state index contributed by atoms with van der Waals surface area (Å²) < 4.78 is 1.84. The van der Waals surface area contributed by atoms with Crippen LogP contribution in [0.1, 0.15) is 12.5 Å². The summed E-state index contributed by atoms with van der Waals surface area (Å²) >= 11 is 0. The maximum absolute atomic E-state index is 12.5. The van der Waals surface area contributed by atoms with Crippen molar-refractivity contribution in [2.45, 2.75) is 13.5 Å². The number of hydrogen-bond acceptors (Lipinski definition) is 4. The summed E-state index contributed by atoms with van der Waals surface area (Å²) in [6, 6.07) is 0. The lowest BCUT2D eigenvalue weighted by Gasteiger charge is -2.39.